The van der Waals surface area contributed by atoms with Crippen molar-refractivity contribution in [2.45, 2.75) is 32.6 Å². The van der Waals surface area contributed by atoms with Gasteiger partial charge in [0.05, 0.1) is 17.3 Å². The molecule has 8 heteroatoms. The van der Waals surface area contributed by atoms with Crippen LogP contribution in [0.1, 0.15) is 45.0 Å². The van der Waals surface area contributed by atoms with Gasteiger partial charge in [-0.15, -0.1) is 11.3 Å². The fraction of sp³-hybridized carbons (Fsp3) is 0.200. The first kappa shape index (κ1) is 21.7. The predicted molar refractivity (Wildman–Crippen MR) is 136 cm³/mol. The summed E-state index contributed by atoms with van der Waals surface area (Å²) in [5.74, 6) is 0.316. The van der Waals surface area contributed by atoms with E-state index >= 15 is 0 Å². The summed E-state index contributed by atoms with van der Waals surface area (Å²) in [6, 6.07) is 14.5. The van der Waals surface area contributed by atoms with Crippen LogP contribution in [0.5, 0.6) is 0 Å². The third-order valence-corrected chi connectivity index (χ3v) is 7.73. The number of fused-ring (bicyclic) bond motifs is 3. The molecule has 1 N–H and O–H groups in total. The second kappa shape index (κ2) is 9.03. The van der Waals surface area contributed by atoms with Crippen molar-refractivity contribution < 1.29 is 4.79 Å². The average Bonchev–Trinajstić information content (AvgIpc) is 3.19. The van der Waals surface area contributed by atoms with E-state index in [-0.39, 0.29) is 11.5 Å². The van der Waals surface area contributed by atoms with Gasteiger partial charge in [0.25, 0.3) is 11.5 Å². The van der Waals surface area contributed by atoms with Crippen molar-refractivity contribution >= 4 is 49.6 Å². The number of benzene rings is 2. The van der Waals surface area contributed by atoms with Gasteiger partial charge in [-0.05, 0) is 68.5 Å². The quantitative estimate of drug-likeness (QED) is 0.298. The Morgan fingerprint density at radius 3 is 2.70 bits per heavy atom. The maximum atomic E-state index is 13.4. The third-order valence-electron chi connectivity index (χ3n) is 5.82. The number of nitrogens with one attached hydrogen (secondary N) is 1. The number of aryl methyl sites for hydroxylation is 3. The molecular formula is C25H21BrN4O2S. The van der Waals surface area contributed by atoms with Crippen molar-refractivity contribution in [3.63, 3.8) is 0 Å². The lowest BCUT2D eigenvalue weighted by molar-refractivity contribution is 0.0955. The molecule has 0 spiro atoms. The summed E-state index contributed by atoms with van der Waals surface area (Å²) >= 11 is 5.10. The number of hydrazone groups is 1. The van der Waals surface area contributed by atoms with Gasteiger partial charge in [-0.25, -0.2) is 10.4 Å². The van der Waals surface area contributed by atoms with E-state index in [0.29, 0.717) is 17.1 Å². The molecule has 166 valence electrons. The molecule has 4 aromatic rings. The topological polar surface area (TPSA) is 76.3 Å². The standard InChI is InChI=1S/C25H21BrN4O2S/c1-15-28-24-22(19-7-3-5-9-21(19)33-24)25(32)30(15)18-12-10-16(11-13-18)23(31)29-27-14-17-6-2-4-8-20(17)26/h2,4,6,8,10-14H,3,5,7,9H2,1H3,(H,29,31)/b27-14-. The zero-order valence-electron chi connectivity index (χ0n) is 18.0. The molecule has 0 saturated carbocycles. The summed E-state index contributed by atoms with van der Waals surface area (Å²) in [6.07, 6.45) is 5.83. The molecular weight excluding hydrogens is 500 g/mol. The van der Waals surface area contributed by atoms with Gasteiger partial charge in [0.15, 0.2) is 0 Å². The van der Waals surface area contributed by atoms with Crippen molar-refractivity contribution in [2.75, 3.05) is 0 Å². The Kier molecular flexibility index (Phi) is 5.95. The highest BCUT2D eigenvalue weighted by atomic mass is 79.9. The summed E-state index contributed by atoms with van der Waals surface area (Å²) in [7, 11) is 0. The van der Waals surface area contributed by atoms with Crippen LogP contribution in [0.25, 0.3) is 15.9 Å². The van der Waals surface area contributed by atoms with Crippen LogP contribution in [-0.4, -0.2) is 21.7 Å². The van der Waals surface area contributed by atoms with E-state index in [9.17, 15) is 9.59 Å². The lowest BCUT2D eigenvalue weighted by atomic mass is 9.97. The van der Waals surface area contributed by atoms with Gasteiger partial charge < -0.3 is 0 Å². The number of carbonyl (C=O) groups excluding carboxylic acids is 1. The fourth-order valence-electron chi connectivity index (χ4n) is 4.18. The zero-order chi connectivity index (χ0) is 22.9. The molecule has 0 aliphatic heterocycles. The number of amides is 1. The number of carbonyl (C=O) groups is 1. The van der Waals surface area contributed by atoms with Crippen molar-refractivity contribution in [1.29, 1.82) is 0 Å². The minimum atomic E-state index is -0.325. The van der Waals surface area contributed by atoms with E-state index in [2.05, 4.69) is 26.5 Å². The maximum absolute atomic E-state index is 13.4. The number of rotatable bonds is 4. The van der Waals surface area contributed by atoms with Gasteiger partial charge in [0.2, 0.25) is 0 Å². The first-order valence-electron chi connectivity index (χ1n) is 10.7. The second-order valence-electron chi connectivity index (χ2n) is 7.96. The Bertz CT molecular complexity index is 1450. The largest absolute Gasteiger partial charge is 0.271 e. The lowest BCUT2D eigenvalue weighted by Gasteiger charge is -2.12. The van der Waals surface area contributed by atoms with Gasteiger partial charge in [-0.2, -0.15) is 5.10 Å². The molecule has 0 radical (unpaired) electrons. The maximum Gasteiger partial charge on any atom is 0.271 e. The monoisotopic (exact) mass is 520 g/mol. The summed E-state index contributed by atoms with van der Waals surface area (Å²) in [5.41, 5.74) is 5.69. The van der Waals surface area contributed by atoms with Gasteiger partial charge in [-0.1, -0.05) is 34.1 Å². The van der Waals surface area contributed by atoms with E-state index in [1.807, 2.05) is 31.2 Å². The Morgan fingerprint density at radius 1 is 1.15 bits per heavy atom. The molecule has 6 nitrogen and oxygen atoms in total. The highest BCUT2D eigenvalue weighted by molar-refractivity contribution is 9.10. The SMILES string of the molecule is Cc1nc2sc3c(c2c(=O)n1-c1ccc(C(=O)N/N=C\c2ccccc2Br)cc1)CCCC3. The Hall–Kier alpha value is -3.10. The van der Waals surface area contributed by atoms with Crippen LogP contribution in [0.2, 0.25) is 0 Å². The van der Waals surface area contributed by atoms with E-state index in [1.54, 1.807) is 46.4 Å². The van der Waals surface area contributed by atoms with Crippen molar-refractivity contribution in [3.8, 4) is 5.69 Å². The van der Waals surface area contributed by atoms with Gasteiger partial charge in [0.1, 0.15) is 10.7 Å². The second-order valence-corrected chi connectivity index (χ2v) is 9.90. The number of hydrogen-bond donors (Lipinski definition) is 1. The summed E-state index contributed by atoms with van der Waals surface area (Å²) in [5, 5.41) is 4.79. The van der Waals surface area contributed by atoms with Crippen LogP contribution in [0, 0.1) is 6.92 Å². The minimum Gasteiger partial charge on any atom is -0.268 e. The molecule has 0 fully saturated rings. The van der Waals surface area contributed by atoms with E-state index < -0.39 is 0 Å². The van der Waals surface area contributed by atoms with Crippen molar-refractivity contribution in [1.82, 2.24) is 15.0 Å². The smallest absolute Gasteiger partial charge is 0.268 e. The Labute approximate surface area is 203 Å². The molecule has 0 bridgehead atoms. The van der Waals surface area contributed by atoms with E-state index in [4.69, 9.17) is 4.98 Å². The fourth-order valence-corrected chi connectivity index (χ4v) is 5.86. The van der Waals surface area contributed by atoms with Gasteiger partial charge in [0, 0.05) is 20.5 Å². The number of thiophene rings is 1. The predicted octanol–water partition coefficient (Wildman–Crippen LogP) is 5.16. The lowest BCUT2D eigenvalue weighted by Crippen LogP contribution is -2.23. The number of hydrogen-bond acceptors (Lipinski definition) is 5. The molecule has 2 heterocycles. The first-order valence-corrected chi connectivity index (χ1v) is 12.4. The van der Waals surface area contributed by atoms with Gasteiger partial charge >= 0.3 is 0 Å². The van der Waals surface area contributed by atoms with Crippen LogP contribution in [-0.2, 0) is 12.8 Å². The number of halogens is 1. The molecule has 33 heavy (non-hydrogen) atoms. The van der Waals surface area contributed by atoms with Crippen LogP contribution in [0.15, 0.2) is 62.9 Å². The molecule has 1 aliphatic carbocycles. The number of nitrogens with zero attached hydrogens (tertiary/aromatic N) is 3. The third kappa shape index (κ3) is 4.16. The minimum absolute atomic E-state index is 0.0351. The van der Waals surface area contributed by atoms with Crippen molar-refractivity contribution in [2.24, 2.45) is 5.10 Å². The molecule has 2 aromatic heterocycles. The molecule has 1 amide bonds. The van der Waals surface area contributed by atoms with Gasteiger partial charge in [-0.3, -0.25) is 14.2 Å². The van der Waals surface area contributed by atoms with Crippen LogP contribution >= 0.6 is 27.3 Å². The highest BCUT2D eigenvalue weighted by Crippen LogP contribution is 2.34. The Balaban J connectivity index is 1.41. The Morgan fingerprint density at radius 2 is 1.91 bits per heavy atom. The zero-order valence-corrected chi connectivity index (χ0v) is 20.4. The normalized spacial score (nSPS) is 13.4. The highest BCUT2D eigenvalue weighted by Gasteiger charge is 2.21. The molecule has 5 rings (SSSR count). The first-order chi connectivity index (χ1) is 16.0. The molecule has 0 unspecified atom stereocenters. The summed E-state index contributed by atoms with van der Waals surface area (Å²) < 4.78 is 2.53. The molecule has 2 aromatic carbocycles. The molecule has 1 aliphatic rings. The summed E-state index contributed by atoms with van der Waals surface area (Å²) in [4.78, 5) is 32.8. The van der Waals surface area contributed by atoms with Crippen molar-refractivity contribution in [3.05, 3.63) is 90.7 Å². The average molecular weight is 521 g/mol. The van der Waals surface area contributed by atoms with E-state index in [1.165, 1.54) is 16.9 Å². The van der Waals surface area contributed by atoms with Crippen LogP contribution in [0.4, 0.5) is 0 Å². The van der Waals surface area contributed by atoms with Crippen LogP contribution in [0.3, 0.4) is 0 Å². The van der Waals surface area contributed by atoms with Crippen LogP contribution < -0.4 is 11.0 Å². The molecule has 0 saturated heterocycles. The summed E-state index contributed by atoms with van der Waals surface area (Å²) in [6.45, 7) is 1.84. The number of aromatic nitrogens is 2. The molecule has 0 atom stereocenters. The van der Waals surface area contributed by atoms with E-state index in [0.717, 1.165) is 39.5 Å².